The van der Waals surface area contributed by atoms with E-state index in [1.807, 2.05) is 0 Å². The maximum Gasteiger partial charge on any atom is 0.356 e. The molecular formula is C9H15N4O6P. The molecule has 2 atom stereocenters. The van der Waals surface area contributed by atoms with Gasteiger partial charge in [0, 0.05) is 0 Å². The van der Waals surface area contributed by atoms with Crippen LogP contribution < -0.4 is 11.4 Å². The highest BCUT2D eigenvalue weighted by molar-refractivity contribution is 7.53. The minimum atomic E-state index is -3.31. The topological polar surface area (TPSA) is 139 Å². The predicted molar refractivity (Wildman–Crippen MR) is 67.0 cm³/mol. The van der Waals surface area contributed by atoms with Gasteiger partial charge in [-0.15, -0.1) is 0 Å². The molecule has 0 radical (unpaired) electrons. The van der Waals surface area contributed by atoms with E-state index < -0.39 is 19.4 Å². The molecule has 1 aromatic heterocycles. The van der Waals surface area contributed by atoms with Crippen molar-refractivity contribution in [1.82, 2.24) is 14.5 Å². The van der Waals surface area contributed by atoms with Gasteiger partial charge in [-0.05, 0) is 0 Å². The summed E-state index contributed by atoms with van der Waals surface area (Å²) in [6.45, 7) is -0.190. The third-order valence-electron chi connectivity index (χ3n) is 2.49. The standard InChI is InChI=1S/C9H15N4O6P/c10-8-11-5-13(9(15)12-8)3-7-4-19-20(16,6-17-7)18-2-1-14/h5,7,14H,1-4,6H2,(H2,10,12,15)/t7-,20?/m0/s1. The monoisotopic (exact) mass is 306 g/mol. The van der Waals surface area contributed by atoms with E-state index in [-0.39, 0.29) is 38.7 Å². The third-order valence-corrected chi connectivity index (χ3v) is 4.07. The Kier molecular flexibility index (Phi) is 4.84. The second kappa shape index (κ2) is 6.42. The molecule has 1 aliphatic rings. The summed E-state index contributed by atoms with van der Waals surface area (Å²) in [6, 6.07) is 0. The molecule has 2 heterocycles. The Balaban J connectivity index is 1.91. The first-order chi connectivity index (χ1) is 9.52. The van der Waals surface area contributed by atoms with Gasteiger partial charge >= 0.3 is 13.3 Å². The highest BCUT2D eigenvalue weighted by Crippen LogP contribution is 2.50. The van der Waals surface area contributed by atoms with Crippen molar-refractivity contribution < 1.29 is 23.5 Å². The molecule has 2 rings (SSSR count). The second-order valence-corrected chi connectivity index (χ2v) is 6.03. The summed E-state index contributed by atoms with van der Waals surface area (Å²) >= 11 is 0. The quantitative estimate of drug-likeness (QED) is 0.642. The lowest BCUT2D eigenvalue weighted by Crippen LogP contribution is -2.35. The maximum absolute atomic E-state index is 11.9. The average Bonchev–Trinajstić information content (AvgIpc) is 2.42. The number of ether oxygens (including phenoxy) is 1. The van der Waals surface area contributed by atoms with E-state index in [1.165, 1.54) is 10.9 Å². The number of nitrogens with two attached hydrogens (primary N) is 1. The second-order valence-electron chi connectivity index (χ2n) is 4.03. The van der Waals surface area contributed by atoms with Gasteiger partial charge in [0.1, 0.15) is 18.8 Å². The predicted octanol–water partition coefficient (Wildman–Crippen LogP) is -1.20. The van der Waals surface area contributed by atoms with Crippen LogP contribution in [0.5, 0.6) is 0 Å². The Hall–Kier alpha value is -1.32. The van der Waals surface area contributed by atoms with Crippen LogP contribution in [0.2, 0.25) is 0 Å². The number of aliphatic hydroxyl groups is 1. The van der Waals surface area contributed by atoms with Gasteiger partial charge in [0.2, 0.25) is 5.95 Å². The first kappa shape index (κ1) is 15.1. The van der Waals surface area contributed by atoms with Gasteiger partial charge in [-0.1, -0.05) is 0 Å². The molecule has 0 amide bonds. The molecule has 0 saturated carbocycles. The first-order valence-electron chi connectivity index (χ1n) is 5.82. The van der Waals surface area contributed by atoms with Crippen LogP contribution in [0.1, 0.15) is 0 Å². The van der Waals surface area contributed by atoms with E-state index in [1.54, 1.807) is 0 Å². The molecule has 0 spiro atoms. The van der Waals surface area contributed by atoms with Gasteiger partial charge < -0.3 is 24.6 Å². The molecule has 1 aromatic rings. The molecule has 1 aliphatic heterocycles. The van der Waals surface area contributed by atoms with Gasteiger partial charge in [-0.3, -0.25) is 9.13 Å². The number of hydrogen-bond donors (Lipinski definition) is 2. The summed E-state index contributed by atoms with van der Waals surface area (Å²) in [5.74, 6) is -0.103. The maximum atomic E-state index is 11.9. The number of nitrogens with zero attached hydrogens (tertiary/aromatic N) is 3. The van der Waals surface area contributed by atoms with Crippen molar-refractivity contribution in [2.45, 2.75) is 12.6 Å². The van der Waals surface area contributed by atoms with Crippen LogP contribution in [0.25, 0.3) is 0 Å². The van der Waals surface area contributed by atoms with E-state index in [9.17, 15) is 9.36 Å². The molecule has 10 nitrogen and oxygen atoms in total. The van der Waals surface area contributed by atoms with Crippen molar-refractivity contribution in [3.05, 3.63) is 16.8 Å². The zero-order valence-corrected chi connectivity index (χ0v) is 11.4. The van der Waals surface area contributed by atoms with Crippen LogP contribution in [0.4, 0.5) is 5.95 Å². The van der Waals surface area contributed by atoms with E-state index in [2.05, 4.69) is 9.97 Å². The van der Waals surface area contributed by atoms with Gasteiger partial charge in [0.25, 0.3) is 0 Å². The summed E-state index contributed by atoms with van der Waals surface area (Å²) in [6.07, 6.45) is 0.548. The van der Waals surface area contributed by atoms with Crippen molar-refractivity contribution in [2.24, 2.45) is 0 Å². The molecular weight excluding hydrogens is 291 g/mol. The fraction of sp³-hybridized carbons (Fsp3) is 0.667. The first-order valence-corrected chi connectivity index (χ1v) is 7.55. The summed E-state index contributed by atoms with van der Waals surface area (Å²) in [5, 5.41) is 8.61. The molecule has 3 N–H and O–H groups in total. The average molecular weight is 306 g/mol. The Bertz CT molecular complexity index is 552. The van der Waals surface area contributed by atoms with Gasteiger partial charge in [-0.25, -0.2) is 9.78 Å². The van der Waals surface area contributed by atoms with Crippen LogP contribution in [0.15, 0.2) is 11.1 Å². The van der Waals surface area contributed by atoms with Crippen LogP contribution in [-0.2, 0) is 24.9 Å². The van der Waals surface area contributed by atoms with Crippen molar-refractivity contribution in [3.63, 3.8) is 0 Å². The molecule has 1 saturated heterocycles. The van der Waals surface area contributed by atoms with Crippen LogP contribution >= 0.6 is 7.60 Å². The summed E-state index contributed by atoms with van der Waals surface area (Å²) in [7, 11) is -3.31. The molecule has 1 fully saturated rings. The van der Waals surface area contributed by atoms with Gasteiger partial charge in [-0.2, -0.15) is 4.98 Å². The molecule has 0 aliphatic carbocycles. The number of aromatic nitrogens is 3. The van der Waals surface area contributed by atoms with Crippen molar-refractivity contribution in [1.29, 1.82) is 0 Å². The van der Waals surface area contributed by atoms with Gasteiger partial charge in [0.05, 0.1) is 26.4 Å². The largest absolute Gasteiger partial charge is 0.394 e. The van der Waals surface area contributed by atoms with Crippen LogP contribution in [0.3, 0.4) is 0 Å². The SMILES string of the molecule is Nc1ncn(C[C@H]2COP(=O)(OCCO)CO2)c(=O)n1. The smallest absolute Gasteiger partial charge is 0.356 e. The zero-order valence-electron chi connectivity index (χ0n) is 10.5. The summed E-state index contributed by atoms with van der Waals surface area (Å²) in [4.78, 5) is 18.7. The highest BCUT2D eigenvalue weighted by Gasteiger charge is 2.33. The number of aliphatic hydroxyl groups excluding tert-OH is 1. The minimum Gasteiger partial charge on any atom is -0.394 e. The minimum absolute atomic E-state index is 0.000473. The van der Waals surface area contributed by atoms with Crippen molar-refractivity contribution in [2.75, 3.05) is 31.9 Å². The summed E-state index contributed by atoms with van der Waals surface area (Å²) < 4.78 is 28.5. The Labute approximate surface area is 114 Å². The Morgan fingerprint density at radius 3 is 3.05 bits per heavy atom. The molecule has 112 valence electrons. The van der Waals surface area contributed by atoms with E-state index in [0.29, 0.717) is 0 Å². The normalized spacial score (nSPS) is 26.6. The Morgan fingerprint density at radius 1 is 1.65 bits per heavy atom. The number of rotatable bonds is 5. The van der Waals surface area contributed by atoms with Gasteiger partial charge in [0.15, 0.2) is 0 Å². The number of anilines is 1. The lowest BCUT2D eigenvalue weighted by Gasteiger charge is -2.28. The van der Waals surface area contributed by atoms with E-state index in [0.717, 1.165) is 0 Å². The number of hydrogen-bond acceptors (Lipinski definition) is 9. The summed E-state index contributed by atoms with van der Waals surface area (Å²) in [5.41, 5.74) is 4.73. The molecule has 0 aromatic carbocycles. The van der Waals surface area contributed by atoms with E-state index >= 15 is 0 Å². The molecule has 11 heteroatoms. The zero-order chi connectivity index (χ0) is 14.6. The van der Waals surface area contributed by atoms with Crippen molar-refractivity contribution in [3.8, 4) is 0 Å². The molecule has 1 unspecified atom stereocenters. The van der Waals surface area contributed by atoms with Crippen LogP contribution in [-0.4, -0.2) is 51.9 Å². The highest BCUT2D eigenvalue weighted by atomic mass is 31.2. The number of nitrogen functional groups attached to an aromatic ring is 1. The third kappa shape index (κ3) is 3.84. The lowest BCUT2D eigenvalue weighted by atomic mass is 10.4. The van der Waals surface area contributed by atoms with E-state index in [4.69, 9.17) is 24.6 Å². The van der Waals surface area contributed by atoms with Crippen LogP contribution in [0, 0.1) is 0 Å². The van der Waals surface area contributed by atoms with Crippen molar-refractivity contribution >= 4 is 13.5 Å². The molecule has 0 bridgehead atoms. The fourth-order valence-electron chi connectivity index (χ4n) is 1.55. The Morgan fingerprint density at radius 2 is 2.45 bits per heavy atom. The molecule has 20 heavy (non-hydrogen) atoms. The lowest BCUT2D eigenvalue weighted by molar-refractivity contribution is -0.0161. The fourth-order valence-corrected chi connectivity index (χ4v) is 2.92.